The van der Waals surface area contributed by atoms with Crippen LogP contribution in [-0.2, 0) is 11.3 Å². The van der Waals surface area contributed by atoms with Crippen LogP contribution in [0.2, 0.25) is 0 Å². The first-order chi connectivity index (χ1) is 9.15. The van der Waals surface area contributed by atoms with E-state index in [1.54, 1.807) is 0 Å². The number of piperidine rings is 1. The Hall–Kier alpha value is -1.35. The number of rotatable bonds is 5. The number of aryl methyl sites for hydroxylation is 1. The second kappa shape index (κ2) is 6.71. The summed E-state index contributed by atoms with van der Waals surface area (Å²) in [6.07, 6.45) is 4.67. The van der Waals surface area contributed by atoms with Crippen molar-refractivity contribution in [2.24, 2.45) is 0 Å². The fraction of sp³-hybridized carbons (Fsp3) is 0.562. The summed E-state index contributed by atoms with van der Waals surface area (Å²) >= 11 is 0. The Bertz CT molecular complexity index is 431. The molecule has 1 aliphatic heterocycles. The largest absolute Gasteiger partial charge is 0.481 e. The van der Waals surface area contributed by atoms with Crippen LogP contribution in [0, 0.1) is 6.92 Å². The first-order valence-electron chi connectivity index (χ1n) is 7.16. The number of carboxylic acids is 1. The lowest BCUT2D eigenvalue weighted by molar-refractivity contribution is -0.137. The van der Waals surface area contributed by atoms with E-state index in [4.69, 9.17) is 5.11 Å². The molecule has 1 aliphatic rings. The van der Waals surface area contributed by atoms with E-state index in [2.05, 4.69) is 36.1 Å². The highest BCUT2D eigenvalue weighted by molar-refractivity contribution is 5.66. The molecule has 0 saturated carbocycles. The molecule has 3 heteroatoms. The van der Waals surface area contributed by atoms with Crippen LogP contribution in [-0.4, -0.2) is 28.6 Å². The fourth-order valence-electron chi connectivity index (χ4n) is 2.93. The van der Waals surface area contributed by atoms with Crippen LogP contribution in [0.4, 0.5) is 0 Å². The molecule has 1 unspecified atom stereocenters. The van der Waals surface area contributed by atoms with E-state index in [9.17, 15) is 4.79 Å². The Morgan fingerprint density at radius 3 is 3.00 bits per heavy atom. The molecule has 1 heterocycles. The predicted octanol–water partition coefficient (Wildman–Crippen LogP) is 3.21. The van der Waals surface area contributed by atoms with Crippen molar-refractivity contribution in [1.82, 2.24) is 4.90 Å². The van der Waals surface area contributed by atoms with Gasteiger partial charge in [-0.15, -0.1) is 0 Å². The molecule has 1 N–H and O–H groups in total. The van der Waals surface area contributed by atoms with Gasteiger partial charge in [-0.2, -0.15) is 0 Å². The molecule has 1 atom stereocenters. The number of nitrogens with zero attached hydrogens (tertiary/aromatic N) is 1. The van der Waals surface area contributed by atoms with Crippen LogP contribution in [0.3, 0.4) is 0 Å². The summed E-state index contributed by atoms with van der Waals surface area (Å²) < 4.78 is 0. The highest BCUT2D eigenvalue weighted by Crippen LogP contribution is 2.23. The van der Waals surface area contributed by atoms with E-state index in [-0.39, 0.29) is 6.42 Å². The molecule has 0 radical (unpaired) electrons. The molecular weight excluding hydrogens is 238 g/mol. The van der Waals surface area contributed by atoms with Crippen molar-refractivity contribution >= 4 is 5.97 Å². The predicted molar refractivity (Wildman–Crippen MR) is 76.1 cm³/mol. The zero-order valence-corrected chi connectivity index (χ0v) is 11.6. The smallest absolute Gasteiger partial charge is 0.303 e. The number of carbonyl (C=O) groups is 1. The van der Waals surface area contributed by atoms with Gasteiger partial charge < -0.3 is 5.11 Å². The topological polar surface area (TPSA) is 40.5 Å². The van der Waals surface area contributed by atoms with E-state index >= 15 is 0 Å². The number of hydrogen-bond acceptors (Lipinski definition) is 2. The van der Waals surface area contributed by atoms with Crippen LogP contribution in [0.15, 0.2) is 24.3 Å². The van der Waals surface area contributed by atoms with Gasteiger partial charge in [0.25, 0.3) is 0 Å². The minimum absolute atomic E-state index is 0.287. The molecule has 0 spiro atoms. The summed E-state index contributed by atoms with van der Waals surface area (Å²) in [6, 6.07) is 9.03. The lowest BCUT2D eigenvalue weighted by atomic mass is 9.97. The summed E-state index contributed by atoms with van der Waals surface area (Å²) in [7, 11) is 0. The van der Waals surface area contributed by atoms with Crippen molar-refractivity contribution < 1.29 is 9.90 Å². The second-order valence-electron chi connectivity index (χ2n) is 5.54. The maximum atomic E-state index is 10.7. The van der Waals surface area contributed by atoms with Crippen molar-refractivity contribution in [3.8, 4) is 0 Å². The number of benzene rings is 1. The van der Waals surface area contributed by atoms with Gasteiger partial charge in [0.05, 0.1) is 0 Å². The van der Waals surface area contributed by atoms with E-state index < -0.39 is 5.97 Å². The molecular formula is C16H23NO2. The molecule has 1 fully saturated rings. The van der Waals surface area contributed by atoms with E-state index in [0.717, 1.165) is 25.9 Å². The molecule has 104 valence electrons. The Morgan fingerprint density at radius 2 is 2.26 bits per heavy atom. The molecule has 0 bridgehead atoms. The maximum Gasteiger partial charge on any atom is 0.303 e. The van der Waals surface area contributed by atoms with Gasteiger partial charge >= 0.3 is 5.97 Å². The van der Waals surface area contributed by atoms with Gasteiger partial charge in [-0.1, -0.05) is 36.2 Å². The van der Waals surface area contributed by atoms with Gasteiger partial charge in [-0.3, -0.25) is 9.69 Å². The first kappa shape index (κ1) is 14.1. The summed E-state index contributed by atoms with van der Waals surface area (Å²) in [5.74, 6) is -0.680. The standard InChI is InChI=1S/C16H23NO2/c1-13-5-4-6-14(11-13)12-17-10-3-2-7-15(17)8-9-16(18)19/h4-6,11,15H,2-3,7-10,12H2,1H3,(H,18,19). The Labute approximate surface area is 115 Å². The van der Waals surface area contributed by atoms with Crippen molar-refractivity contribution in [2.75, 3.05) is 6.54 Å². The number of aliphatic carboxylic acids is 1. The maximum absolute atomic E-state index is 10.7. The zero-order chi connectivity index (χ0) is 13.7. The van der Waals surface area contributed by atoms with Crippen LogP contribution in [0.25, 0.3) is 0 Å². The average molecular weight is 261 g/mol. The van der Waals surface area contributed by atoms with Crippen LogP contribution in [0.5, 0.6) is 0 Å². The normalized spacial score (nSPS) is 20.4. The van der Waals surface area contributed by atoms with Gasteiger partial charge in [0.15, 0.2) is 0 Å². The first-order valence-corrected chi connectivity index (χ1v) is 7.16. The molecule has 1 aromatic carbocycles. The SMILES string of the molecule is Cc1cccc(CN2CCCCC2CCC(=O)O)c1. The van der Waals surface area contributed by atoms with E-state index in [1.165, 1.54) is 24.0 Å². The second-order valence-corrected chi connectivity index (χ2v) is 5.54. The van der Waals surface area contributed by atoms with Gasteiger partial charge in [-0.05, 0) is 38.3 Å². The Morgan fingerprint density at radius 1 is 1.42 bits per heavy atom. The average Bonchev–Trinajstić information content (AvgIpc) is 2.38. The van der Waals surface area contributed by atoms with Crippen molar-refractivity contribution in [3.63, 3.8) is 0 Å². The third-order valence-corrected chi connectivity index (χ3v) is 3.91. The van der Waals surface area contributed by atoms with Crippen molar-refractivity contribution in [2.45, 2.75) is 51.6 Å². The Kier molecular flexibility index (Phi) is 4.97. The highest BCUT2D eigenvalue weighted by atomic mass is 16.4. The molecule has 0 aliphatic carbocycles. The highest BCUT2D eigenvalue weighted by Gasteiger charge is 2.22. The number of likely N-dealkylation sites (tertiary alicyclic amines) is 1. The van der Waals surface area contributed by atoms with Gasteiger partial charge in [0.1, 0.15) is 0 Å². The molecule has 0 aromatic heterocycles. The summed E-state index contributed by atoms with van der Waals surface area (Å²) in [4.78, 5) is 13.2. The lowest BCUT2D eigenvalue weighted by Gasteiger charge is -2.35. The molecule has 3 nitrogen and oxygen atoms in total. The van der Waals surface area contributed by atoms with Crippen LogP contribution < -0.4 is 0 Å². The lowest BCUT2D eigenvalue weighted by Crippen LogP contribution is -2.39. The summed E-state index contributed by atoms with van der Waals surface area (Å²) in [5.41, 5.74) is 2.62. The minimum Gasteiger partial charge on any atom is -0.481 e. The fourth-order valence-corrected chi connectivity index (χ4v) is 2.93. The third kappa shape index (κ3) is 4.35. The van der Waals surface area contributed by atoms with Gasteiger partial charge in [0.2, 0.25) is 0 Å². The quantitative estimate of drug-likeness (QED) is 0.884. The number of carboxylic acid groups (broad SMARTS) is 1. The molecule has 2 rings (SSSR count). The van der Waals surface area contributed by atoms with Crippen LogP contribution in [0.1, 0.15) is 43.2 Å². The van der Waals surface area contributed by atoms with E-state index in [0.29, 0.717) is 6.04 Å². The van der Waals surface area contributed by atoms with E-state index in [1.807, 2.05) is 0 Å². The molecule has 0 amide bonds. The van der Waals surface area contributed by atoms with Crippen LogP contribution >= 0.6 is 0 Å². The Balaban J connectivity index is 1.97. The molecule has 19 heavy (non-hydrogen) atoms. The van der Waals surface area contributed by atoms with Gasteiger partial charge in [0, 0.05) is 19.0 Å². The van der Waals surface area contributed by atoms with Gasteiger partial charge in [-0.25, -0.2) is 0 Å². The summed E-state index contributed by atoms with van der Waals surface area (Å²) in [6.45, 7) is 4.16. The van der Waals surface area contributed by atoms with Crippen molar-refractivity contribution in [1.29, 1.82) is 0 Å². The zero-order valence-electron chi connectivity index (χ0n) is 11.6. The third-order valence-electron chi connectivity index (χ3n) is 3.91. The number of hydrogen-bond donors (Lipinski definition) is 1. The minimum atomic E-state index is -0.680. The molecule has 1 aromatic rings. The van der Waals surface area contributed by atoms with Crippen molar-refractivity contribution in [3.05, 3.63) is 35.4 Å². The summed E-state index contributed by atoms with van der Waals surface area (Å²) in [5, 5.41) is 8.84. The molecule has 1 saturated heterocycles. The monoisotopic (exact) mass is 261 g/mol.